The van der Waals surface area contributed by atoms with Gasteiger partial charge in [0.25, 0.3) is 7.82 Å². The molecule has 3 unspecified atom stereocenters. The van der Waals surface area contributed by atoms with Crippen LogP contribution in [0, 0.1) is 0 Å². The van der Waals surface area contributed by atoms with Crippen molar-refractivity contribution in [2.75, 3.05) is 40.9 Å². The van der Waals surface area contributed by atoms with Gasteiger partial charge in [0.2, 0.25) is 5.91 Å². The Labute approximate surface area is 324 Å². The number of quaternary nitrogens is 1. The zero-order valence-electron chi connectivity index (χ0n) is 33.9. The predicted molar refractivity (Wildman–Crippen MR) is 223 cm³/mol. The number of nitrogens with one attached hydrogen (secondary N) is 1. The van der Waals surface area contributed by atoms with Crippen LogP contribution in [0.4, 0.5) is 0 Å². The summed E-state index contributed by atoms with van der Waals surface area (Å²) in [6.07, 6.45) is 49.1. The van der Waals surface area contributed by atoms with E-state index in [-0.39, 0.29) is 12.5 Å². The van der Waals surface area contributed by atoms with Crippen molar-refractivity contribution in [3.63, 3.8) is 0 Å². The summed E-state index contributed by atoms with van der Waals surface area (Å²) >= 11 is 0. The minimum atomic E-state index is -4.59. The van der Waals surface area contributed by atoms with Crippen LogP contribution in [-0.4, -0.2) is 68.5 Å². The zero-order valence-corrected chi connectivity index (χ0v) is 34.8. The number of nitrogens with zero attached hydrogens (tertiary/aromatic N) is 1. The standard InChI is InChI=1S/C44H75N2O6P/c1-6-8-10-12-14-15-16-17-18-19-20-21-22-23-24-25-26-27-28-29-30-31-32-34-36-38-44(48)45-42(43(47)37-35-33-13-11-9-7-2)41-52-53(49,50)51-40-39-46(3,4)5/h8,10,14-15,17-18,20-21,23-24,26-27,29-30,35,37,42-43,47H,6-7,9,11-13,16,19,22,25,28,31-34,36,38-41H2,1-5H3,(H-,45,48,49,50)/b10-8-,15-14-,18-17-,21-20-,24-23-,27-26-,30-29-,37-35+. The van der Waals surface area contributed by atoms with Crippen LogP contribution in [0.5, 0.6) is 0 Å². The lowest BCUT2D eigenvalue weighted by Crippen LogP contribution is -2.45. The highest BCUT2D eigenvalue weighted by molar-refractivity contribution is 7.45. The number of amides is 1. The summed E-state index contributed by atoms with van der Waals surface area (Å²) in [5.41, 5.74) is 0. The molecule has 3 atom stereocenters. The van der Waals surface area contributed by atoms with Gasteiger partial charge in [-0.05, 0) is 77.0 Å². The van der Waals surface area contributed by atoms with Gasteiger partial charge in [-0.3, -0.25) is 9.36 Å². The molecule has 0 aliphatic rings. The quantitative estimate of drug-likeness (QED) is 0.0293. The maximum atomic E-state index is 12.7. The second-order valence-electron chi connectivity index (χ2n) is 14.3. The molecule has 1 amide bonds. The number of likely N-dealkylation sites (N-methyl/N-ethyl adjacent to an activating group) is 1. The minimum absolute atomic E-state index is 0.0147. The Kier molecular flexibility index (Phi) is 33.4. The number of phosphoric ester groups is 1. The van der Waals surface area contributed by atoms with Crippen LogP contribution in [0.25, 0.3) is 0 Å². The van der Waals surface area contributed by atoms with Crippen molar-refractivity contribution in [2.45, 2.75) is 135 Å². The average molecular weight is 759 g/mol. The van der Waals surface area contributed by atoms with E-state index >= 15 is 0 Å². The highest BCUT2D eigenvalue weighted by atomic mass is 31.2. The molecule has 0 radical (unpaired) electrons. The van der Waals surface area contributed by atoms with Crippen LogP contribution in [0.15, 0.2) is 97.2 Å². The van der Waals surface area contributed by atoms with Gasteiger partial charge in [-0.25, -0.2) is 0 Å². The van der Waals surface area contributed by atoms with Gasteiger partial charge in [0, 0.05) is 6.42 Å². The van der Waals surface area contributed by atoms with E-state index in [9.17, 15) is 19.4 Å². The first kappa shape index (κ1) is 50.4. The Hall–Kier alpha value is -2.58. The first-order valence-corrected chi connectivity index (χ1v) is 21.6. The molecular formula is C44H75N2O6P. The van der Waals surface area contributed by atoms with Crippen LogP contribution in [0.3, 0.4) is 0 Å². The minimum Gasteiger partial charge on any atom is -0.756 e. The average Bonchev–Trinajstić information content (AvgIpc) is 3.10. The number of phosphoric acid groups is 1. The van der Waals surface area contributed by atoms with Crippen molar-refractivity contribution in [2.24, 2.45) is 0 Å². The third kappa shape index (κ3) is 37.5. The van der Waals surface area contributed by atoms with Gasteiger partial charge in [-0.15, -0.1) is 0 Å². The number of carbonyl (C=O) groups is 1. The van der Waals surface area contributed by atoms with Gasteiger partial charge in [0.1, 0.15) is 13.2 Å². The van der Waals surface area contributed by atoms with E-state index in [1.807, 2.05) is 27.2 Å². The molecule has 0 saturated carbocycles. The molecule has 0 spiro atoms. The third-order valence-corrected chi connectivity index (χ3v) is 9.01. The fraction of sp³-hybridized carbons (Fsp3) is 0.614. The molecule has 2 N–H and O–H groups in total. The molecule has 0 aromatic heterocycles. The number of hydrogen-bond donors (Lipinski definition) is 2. The predicted octanol–water partition coefficient (Wildman–Crippen LogP) is 10.2. The lowest BCUT2D eigenvalue weighted by Gasteiger charge is -2.29. The number of allylic oxidation sites excluding steroid dienone is 15. The maximum absolute atomic E-state index is 12.7. The SMILES string of the molecule is CC/C=C\C/C=C\C/C=C\C/C=C\C/C=C\C/C=C\C/C=C\CCCCCC(=O)NC(COP(=O)([O-])OCC[N+](C)(C)C)C(O)/C=C/CCCCCC. The first-order chi connectivity index (χ1) is 25.5. The number of aliphatic hydroxyl groups excluding tert-OH is 1. The summed E-state index contributed by atoms with van der Waals surface area (Å²) in [4.78, 5) is 25.1. The molecule has 0 aromatic carbocycles. The van der Waals surface area contributed by atoms with E-state index in [2.05, 4.69) is 104 Å². The van der Waals surface area contributed by atoms with Gasteiger partial charge in [-0.1, -0.05) is 137 Å². The zero-order chi connectivity index (χ0) is 39.3. The van der Waals surface area contributed by atoms with Gasteiger partial charge in [-0.2, -0.15) is 0 Å². The normalized spacial score (nSPS) is 15.5. The number of hydrogen-bond acceptors (Lipinski definition) is 6. The molecule has 8 nitrogen and oxygen atoms in total. The molecule has 0 aliphatic heterocycles. The summed E-state index contributed by atoms with van der Waals surface area (Å²) in [7, 11) is 1.21. The molecular weight excluding hydrogens is 683 g/mol. The summed E-state index contributed by atoms with van der Waals surface area (Å²) in [6.45, 7) is 4.37. The van der Waals surface area contributed by atoms with Crippen molar-refractivity contribution >= 4 is 13.7 Å². The van der Waals surface area contributed by atoms with Crippen LogP contribution in [0.2, 0.25) is 0 Å². The van der Waals surface area contributed by atoms with E-state index in [1.165, 1.54) is 0 Å². The van der Waals surface area contributed by atoms with E-state index < -0.39 is 26.6 Å². The van der Waals surface area contributed by atoms with Gasteiger partial charge in [0.15, 0.2) is 0 Å². The molecule has 0 saturated heterocycles. The molecule has 0 rings (SSSR count). The number of unbranched alkanes of at least 4 members (excludes halogenated alkanes) is 7. The van der Waals surface area contributed by atoms with E-state index in [1.54, 1.807) is 6.08 Å². The molecule has 9 heteroatoms. The number of aliphatic hydroxyl groups is 1. The van der Waals surface area contributed by atoms with Crippen LogP contribution < -0.4 is 10.2 Å². The van der Waals surface area contributed by atoms with Crippen molar-refractivity contribution in [3.8, 4) is 0 Å². The summed E-state index contributed by atoms with van der Waals surface area (Å²) < 4.78 is 23.0. The Balaban J connectivity index is 4.33. The molecule has 0 fully saturated rings. The molecule has 0 bridgehead atoms. The fourth-order valence-corrected chi connectivity index (χ4v) is 5.56. The summed E-state index contributed by atoms with van der Waals surface area (Å²) in [5.74, 6) is -0.242. The van der Waals surface area contributed by atoms with E-state index in [4.69, 9.17) is 9.05 Å². The van der Waals surface area contributed by atoms with Crippen molar-refractivity contribution in [1.29, 1.82) is 0 Å². The van der Waals surface area contributed by atoms with Crippen molar-refractivity contribution in [3.05, 3.63) is 97.2 Å². The lowest BCUT2D eigenvalue weighted by molar-refractivity contribution is -0.870. The van der Waals surface area contributed by atoms with E-state index in [0.29, 0.717) is 23.9 Å². The van der Waals surface area contributed by atoms with Crippen LogP contribution in [0.1, 0.15) is 123 Å². The monoisotopic (exact) mass is 759 g/mol. The summed E-state index contributed by atoms with van der Waals surface area (Å²) in [6, 6.07) is -0.907. The molecule has 53 heavy (non-hydrogen) atoms. The summed E-state index contributed by atoms with van der Waals surface area (Å²) in [5, 5.41) is 13.5. The number of carbonyl (C=O) groups excluding carboxylic acids is 1. The topological polar surface area (TPSA) is 108 Å². The van der Waals surface area contributed by atoms with Crippen LogP contribution >= 0.6 is 7.82 Å². The smallest absolute Gasteiger partial charge is 0.268 e. The molecule has 302 valence electrons. The molecule has 0 aromatic rings. The Bertz CT molecular complexity index is 1180. The molecule has 0 heterocycles. The highest BCUT2D eigenvalue weighted by Gasteiger charge is 2.23. The fourth-order valence-electron chi connectivity index (χ4n) is 4.83. The van der Waals surface area contributed by atoms with Gasteiger partial charge < -0.3 is 28.8 Å². The molecule has 0 aliphatic carbocycles. The number of rotatable bonds is 34. The first-order valence-electron chi connectivity index (χ1n) is 20.1. The van der Waals surface area contributed by atoms with E-state index in [0.717, 1.165) is 96.3 Å². The second-order valence-corrected chi connectivity index (χ2v) is 15.7. The van der Waals surface area contributed by atoms with Crippen molar-refractivity contribution in [1.82, 2.24) is 5.32 Å². The maximum Gasteiger partial charge on any atom is 0.268 e. The second kappa shape index (κ2) is 35.1. The lowest BCUT2D eigenvalue weighted by atomic mass is 10.1. The van der Waals surface area contributed by atoms with Crippen LogP contribution in [-0.2, 0) is 18.4 Å². The highest BCUT2D eigenvalue weighted by Crippen LogP contribution is 2.38. The Morgan fingerprint density at radius 3 is 1.64 bits per heavy atom. The van der Waals surface area contributed by atoms with Crippen molar-refractivity contribution < 1.29 is 32.9 Å². The third-order valence-electron chi connectivity index (χ3n) is 8.05. The largest absolute Gasteiger partial charge is 0.756 e. The van der Waals surface area contributed by atoms with Gasteiger partial charge >= 0.3 is 0 Å². The Morgan fingerprint density at radius 2 is 1.15 bits per heavy atom. The van der Waals surface area contributed by atoms with Gasteiger partial charge in [0.05, 0.1) is 39.9 Å². The Morgan fingerprint density at radius 1 is 0.679 bits per heavy atom.